The molecule has 1 saturated carbocycles. The van der Waals surface area contributed by atoms with E-state index in [-0.39, 0.29) is 30.6 Å². The van der Waals surface area contributed by atoms with Crippen LogP contribution in [0, 0.1) is 5.92 Å². The summed E-state index contributed by atoms with van der Waals surface area (Å²) in [6.45, 7) is -0.154. The van der Waals surface area contributed by atoms with E-state index in [1.807, 2.05) is 30.5 Å². The zero-order valence-corrected chi connectivity index (χ0v) is 14.6. The molecule has 1 aliphatic carbocycles. The first kappa shape index (κ1) is 18.3. The van der Waals surface area contributed by atoms with Gasteiger partial charge >= 0.3 is 12.0 Å². The second-order valence-electron chi connectivity index (χ2n) is 6.95. The number of H-pyrrole nitrogens is 1. The Hall–Kier alpha value is -2.54. The van der Waals surface area contributed by atoms with E-state index in [2.05, 4.69) is 15.6 Å². The van der Waals surface area contributed by atoms with E-state index in [0.717, 1.165) is 16.5 Å². The zero-order valence-electron chi connectivity index (χ0n) is 14.6. The van der Waals surface area contributed by atoms with Crippen molar-refractivity contribution in [3.63, 3.8) is 0 Å². The predicted molar refractivity (Wildman–Crippen MR) is 97.9 cm³/mol. The quantitative estimate of drug-likeness (QED) is 0.543. The Morgan fingerprint density at radius 3 is 2.62 bits per heavy atom. The van der Waals surface area contributed by atoms with E-state index >= 15 is 0 Å². The summed E-state index contributed by atoms with van der Waals surface area (Å²) < 4.78 is 0. The number of fused-ring (bicyclic) bond motifs is 1. The Bertz CT molecular complexity index is 765. The fraction of sp³-hybridized carbons (Fsp3) is 0.474. The third-order valence-corrected chi connectivity index (χ3v) is 5.11. The van der Waals surface area contributed by atoms with Crippen molar-refractivity contribution in [1.29, 1.82) is 0 Å². The predicted octanol–water partition coefficient (Wildman–Crippen LogP) is 2.01. The molecular weight excluding hydrogens is 334 g/mol. The fourth-order valence-electron chi connectivity index (χ4n) is 3.62. The van der Waals surface area contributed by atoms with Gasteiger partial charge in [0.25, 0.3) is 0 Å². The van der Waals surface area contributed by atoms with Gasteiger partial charge in [-0.1, -0.05) is 18.2 Å². The molecule has 0 saturated heterocycles. The number of carbonyl (C=O) groups is 2. The minimum Gasteiger partial charge on any atom is -0.481 e. The lowest BCUT2D eigenvalue weighted by molar-refractivity contribution is -0.142. The Labute approximate surface area is 151 Å². The molecule has 1 unspecified atom stereocenters. The fourth-order valence-corrected chi connectivity index (χ4v) is 3.62. The molecule has 3 rings (SSSR count). The van der Waals surface area contributed by atoms with Crippen LogP contribution < -0.4 is 10.6 Å². The average Bonchev–Trinajstić information content (AvgIpc) is 3.04. The highest BCUT2D eigenvalue weighted by Crippen LogP contribution is 2.24. The lowest BCUT2D eigenvalue weighted by Crippen LogP contribution is -2.49. The third-order valence-electron chi connectivity index (χ3n) is 5.11. The molecule has 26 heavy (non-hydrogen) atoms. The van der Waals surface area contributed by atoms with E-state index < -0.39 is 5.97 Å². The lowest BCUT2D eigenvalue weighted by atomic mass is 9.86. The number of aromatic nitrogens is 1. The maximum atomic E-state index is 12.2. The number of rotatable bonds is 6. The number of benzene rings is 1. The molecule has 1 aromatic heterocycles. The highest BCUT2D eigenvalue weighted by atomic mass is 16.4. The molecule has 1 heterocycles. The molecule has 140 valence electrons. The smallest absolute Gasteiger partial charge is 0.315 e. The number of carboxylic acids is 1. The van der Waals surface area contributed by atoms with Crippen molar-refractivity contribution in [3.8, 4) is 0 Å². The van der Waals surface area contributed by atoms with Crippen LogP contribution in [0.25, 0.3) is 10.9 Å². The van der Waals surface area contributed by atoms with Gasteiger partial charge in [0.2, 0.25) is 0 Å². The van der Waals surface area contributed by atoms with Gasteiger partial charge in [0.15, 0.2) is 0 Å². The topological polar surface area (TPSA) is 114 Å². The van der Waals surface area contributed by atoms with Crippen molar-refractivity contribution in [3.05, 3.63) is 36.0 Å². The number of aliphatic hydroxyl groups excluding tert-OH is 1. The molecule has 2 amide bonds. The van der Waals surface area contributed by atoms with E-state index in [9.17, 15) is 14.7 Å². The number of hydrogen-bond donors (Lipinski definition) is 5. The molecule has 2 aromatic rings. The van der Waals surface area contributed by atoms with Gasteiger partial charge in [0, 0.05) is 23.1 Å². The van der Waals surface area contributed by atoms with Crippen LogP contribution in [-0.4, -0.2) is 45.9 Å². The molecule has 7 heteroatoms. The summed E-state index contributed by atoms with van der Waals surface area (Å²) in [4.78, 5) is 26.4. The normalized spacial score (nSPS) is 21.3. The number of para-hydroxylation sites is 1. The molecule has 0 radical (unpaired) electrons. The van der Waals surface area contributed by atoms with E-state index in [4.69, 9.17) is 5.11 Å². The Kier molecular flexibility index (Phi) is 5.78. The minimum atomic E-state index is -0.757. The van der Waals surface area contributed by atoms with Crippen LogP contribution in [0.2, 0.25) is 0 Å². The Morgan fingerprint density at radius 2 is 1.92 bits per heavy atom. The minimum absolute atomic E-state index is 0.0157. The molecular formula is C19H25N3O4. The second kappa shape index (κ2) is 8.23. The molecule has 1 aliphatic rings. The number of urea groups is 1. The number of carbonyl (C=O) groups excluding carboxylic acids is 1. The number of nitrogens with one attached hydrogen (secondary N) is 3. The molecule has 0 spiro atoms. The van der Waals surface area contributed by atoms with Gasteiger partial charge in [-0.05, 0) is 43.7 Å². The summed E-state index contributed by atoms with van der Waals surface area (Å²) in [6.07, 6.45) is 4.92. The monoisotopic (exact) mass is 359 g/mol. The van der Waals surface area contributed by atoms with Crippen LogP contribution in [0.4, 0.5) is 4.79 Å². The van der Waals surface area contributed by atoms with E-state index in [0.29, 0.717) is 32.1 Å². The summed E-state index contributed by atoms with van der Waals surface area (Å²) in [7, 11) is 0. The van der Waals surface area contributed by atoms with Crippen molar-refractivity contribution in [2.45, 2.75) is 44.2 Å². The number of aliphatic hydroxyl groups is 1. The molecule has 1 aromatic carbocycles. The highest BCUT2D eigenvalue weighted by molar-refractivity contribution is 5.83. The first-order chi connectivity index (χ1) is 12.6. The summed E-state index contributed by atoms with van der Waals surface area (Å²) in [5, 5.41) is 25.5. The Morgan fingerprint density at radius 1 is 1.19 bits per heavy atom. The van der Waals surface area contributed by atoms with Gasteiger partial charge in [-0.3, -0.25) is 4.79 Å². The molecule has 1 atom stereocenters. The maximum Gasteiger partial charge on any atom is 0.315 e. The summed E-state index contributed by atoms with van der Waals surface area (Å²) in [6, 6.07) is 7.19. The highest BCUT2D eigenvalue weighted by Gasteiger charge is 2.27. The first-order valence-corrected chi connectivity index (χ1v) is 9.02. The second-order valence-corrected chi connectivity index (χ2v) is 6.95. The SMILES string of the molecule is O=C(NC1CCC(C(=O)O)CC1)NC(CO)Cc1c[nH]c2ccccc12. The van der Waals surface area contributed by atoms with Gasteiger partial charge in [-0.15, -0.1) is 0 Å². The zero-order chi connectivity index (χ0) is 18.5. The number of amides is 2. The number of carboxylic acid groups (broad SMARTS) is 1. The van der Waals surface area contributed by atoms with Crippen molar-refractivity contribution in [2.75, 3.05) is 6.61 Å². The van der Waals surface area contributed by atoms with Gasteiger partial charge < -0.3 is 25.8 Å². The van der Waals surface area contributed by atoms with Crippen molar-refractivity contribution in [1.82, 2.24) is 15.6 Å². The van der Waals surface area contributed by atoms with Crippen molar-refractivity contribution >= 4 is 22.9 Å². The molecule has 7 nitrogen and oxygen atoms in total. The van der Waals surface area contributed by atoms with Gasteiger partial charge in [-0.2, -0.15) is 0 Å². The standard InChI is InChI=1S/C19H25N3O4/c23-11-15(9-13-10-20-17-4-2-1-3-16(13)17)22-19(26)21-14-7-5-12(6-8-14)18(24)25/h1-4,10,12,14-15,20,23H,5-9,11H2,(H,24,25)(H2,21,22,26). The summed E-state index contributed by atoms with van der Waals surface area (Å²) >= 11 is 0. The molecule has 5 N–H and O–H groups in total. The van der Waals surface area contributed by atoms with Crippen LogP contribution in [0.1, 0.15) is 31.2 Å². The van der Waals surface area contributed by atoms with Crippen molar-refractivity contribution < 1.29 is 19.8 Å². The van der Waals surface area contributed by atoms with Gasteiger partial charge in [-0.25, -0.2) is 4.79 Å². The Balaban J connectivity index is 1.52. The number of aromatic amines is 1. The summed E-state index contributed by atoms with van der Waals surface area (Å²) in [5.74, 6) is -1.06. The third kappa shape index (κ3) is 4.35. The molecule has 0 bridgehead atoms. The largest absolute Gasteiger partial charge is 0.481 e. The molecule has 1 fully saturated rings. The summed E-state index contributed by atoms with van der Waals surface area (Å²) in [5.41, 5.74) is 2.07. The van der Waals surface area contributed by atoms with Crippen LogP contribution in [0.15, 0.2) is 30.5 Å². The van der Waals surface area contributed by atoms with Crippen molar-refractivity contribution in [2.24, 2.45) is 5.92 Å². The van der Waals surface area contributed by atoms with Crippen LogP contribution in [0.5, 0.6) is 0 Å². The van der Waals surface area contributed by atoms with Gasteiger partial charge in [0.05, 0.1) is 18.6 Å². The van der Waals surface area contributed by atoms with Gasteiger partial charge in [0.1, 0.15) is 0 Å². The van der Waals surface area contributed by atoms with Crippen LogP contribution in [-0.2, 0) is 11.2 Å². The number of aliphatic carboxylic acids is 1. The first-order valence-electron chi connectivity index (χ1n) is 9.02. The lowest BCUT2D eigenvalue weighted by Gasteiger charge is -2.27. The maximum absolute atomic E-state index is 12.2. The molecule has 0 aliphatic heterocycles. The van der Waals surface area contributed by atoms with E-state index in [1.54, 1.807) is 0 Å². The van der Waals surface area contributed by atoms with Crippen LogP contribution in [0.3, 0.4) is 0 Å². The number of hydrogen-bond acceptors (Lipinski definition) is 3. The van der Waals surface area contributed by atoms with E-state index in [1.165, 1.54) is 0 Å². The van der Waals surface area contributed by atoms with Crippen LogP contribution >= 0.6 is 0 Å². The average molecular weight is 359 g/mol.